The Morgan fingerprint density at radius 2 is 2.50 bits per heavy atom. The molecule has 5 heteroatoms. The van der Waals surface area contributed by atoms with Crippen molar-refractivity contribution in [2.24, 2.45) is 0 Å². The van der Waals surface area contributed by atoms with Crippen LogP contribution in [0.25, 0.3) is 0 Å². The normalized spacial score (nSPS) is 25.5. The number of hydrogen-bond donors (Lipinski definition) is 3. The van der Waals surface area contributed by atoms with E-state index in [0.717, 1.165) is 0 Å². The molecule has 0 radical (unpaired) electrons. The molecule has 0 aliphatic carbocycles. The van der Waals surface area contributed by atoms with Crippen LogP contribution >= 0.6 is 0 Å². The molecule has 10 heavy (non-hydrogen) atoms. The van der Waals surface area contributed by atoms with Crippen LogP contribution < -0.4 is 5.32 Å². The molecule has 1 aliphatic rings. The zero-order chi connectivity index (χ0) is 7.56. The zero-order valence-electron chi connectivity index (χ0n) is 5.28. The highest BCUT2D eigenvalue weighted by Gasteiger charge is 2.31. The quantitative estimate of drug-likeness (QED) is 0.448. The molecule has 1 heterocycles. The summed E-state index contributed by atoms with van der Waals surface area (Å²) in [5.74, 6) is 0. The fraction of sp³-hybridized carbons (Fsp3) is 0.800. The largest absolute Gasteiger partial charge is 0.465 e. The van der Waals surface area contributed by atoms with Crippen molar-refractivity contribution in [3.05, 3.63) is 0 Å². The number of hydrogen-bond acceptors (Lipinski definition) is 3. The minimum atomic E-state index is -1.13. The summed E-state index contributed by atoms with van der Waals surface area (Å²) in [5.41, 5.74) is 0. The van der Waals surface area contributed by atoms with E-state index >= 15 is 0 Å². The molecule has 0 spiro atoms. The Morgan fingerprint density at radius 1 is 1.90 bits per heavy atom. The molecular formula is C5H9NO4. The summed E-state index contributed by atoms with van der Waals surface area (Å²) in [4.78, 5) is 9.88. The van der Waals surface area contributed by atoms with E-state index in [-0.39, 0.29) is 12.6 Å². The Balaban J connectivity index is 2.05. The molecule has 0 unspecified atom stereocenters. The van der Waals surface area contributed by atoms with Crippen LogP contribution in [0.3, 0.4) is 0 Å². The average Bonchev–Trinajstić information content (AvgIpc) is 2.63. The predicted octanol–water partition coefficient (Wildman–Crippen LogP) is -0.986. The second kappa shape index (κ2) is 2.85. The summed E-state index contributed by atoms with van der Waals surface area (Å²) in [5, 5.41) is 19.1. The summed E-state index contributed by atoms with van der Waals surface area (Å²) in [7, 11) is 0. The lowest BCUT2D eigenvalue weighted by Gasteiger charge is -2.05. The van der Waals surface area contributed by atoms with Gasteiger partial charge in [0.2, 0.25) is 0 Å². The third-order valence-corrected chi connectivity index (χ3v) is 1.25. The van der Waals surface area contributed by atoms with Crippen molar-refractivity contribution in [1.82, 2.24) is 5.32 Å². The molecule has 3 N–H and O–H groups in total. The monoisotopic (exact) mass is 147 g/mol. The second-order valence-corrected chi connectivity index (χ2v) is 2.13. The molecule has 1 saturated heterocycles. The number of epoxide rings is 1. The van der Waals surface area contributed by atoms with Gasteiger partial charge in [0.15, 0.2) is 0 Å². The molecular weight excluding hydrogens is 138 g/mol. The van der Waals surface area contributed by atoms with Crippen molar-refractivity contribution in [3.63, 3.8) is 0 Å². The molecule has 0 aromatic heterocycles. The lowest BCUT2D eigenvalue weighted by molar-refractivity contribution is 0.128. The summed E-state index contributed by atoms with van der Waals surface area (Å²) in [6.07, 6.45) is -1.98. The van der Waals surface area contributed by atoms with Crippen LogP contribution in [0.2, 0.25) is 0 Å². The van der Waals surface area contributed by atoms with E-state index in [9.17, 15) is 4.79 Å². The summed E-state index contributed by atoms with van der Waals surface area (Å²) in [6.45, 7) is 0.572. The van der Waals surface area contributed by atoms with Crippen LogP contribution in [-0.2, 0) is 4.74 Å². The first kappa shape index (κ1) is 7.30. The first-order chi connectivity index (χ1) is 4.70. The fourth-order valence-corrected chi connectivity index (χ4v) is 0.601. The molecule has 0 saturated carbocycles. The maximum Gasteiger partial charge on any atom is 0.404 e. The number of carbonyl (C=O) groups is 1. The summed E-state index contributed by atoms with van der Waals surface area (Å²) < 4.78 is 4.72. The van der Waals surface area contributed by atoms with E-state index in [2.05, 4.69) is 5.32 Å². The number of carboxylic acid groups (broad SMARTS) is 1. The van der Waals surface area contributed by atoms with Gasteiger partial charge in [-0.05, 0) is 0 Å². The number of amides is 1. The number of ether oxygens (including phenoxy) is 1. The third kappa shape index (κ3) is 2.20. The average molecular weight is 147 g/mol. The van der Waals surface area contributed by atoms with Gasteiger partial charge in [0.05, 0.1) is 12.7 Å². The Morgan fingerprint density at radius 3 is 2.90 bits per heavy atom. The maximum absolute atomic E-state index is 9.88. The first-order valence-electron chi connectivity index (χ1n) is 2.96. The highest BCUT2D eigenvalue weighted by Crippen LogP contribution is 2.12. The van der Waals surface area contributed by atoms with Crippen molar-refractivity contribution >= 4 is 6.09 Å². The minimum absolute atomic E-state index is 0.0417. The van der Waals surface area contributed by atoms with E-state index in [0.29, 0.717) is 6.61 Å². The molecule has 0 bridgehead atoms. The Labute approximate surface area is 57.6 Å². The van der Waals surface area contributed by atoms with Gasteiger partial charge in [-0.25, -0.2) is 4.79 Å². The molecule has 2 atom stereocenters. The van der Waals surface area contributed by atoms with Gasteiger partial charge in [-0.15, -0.1) is 0 Å². The predicted molar refractivity (Wildman–Crippen MR) is 31.8 cm³/mol. The zero-order valence-corrected chi connectivity index (χ0v) is 5.28. The van der Waals surface area contributed by atoms with Gasteiger partial charge < -0.3 is 20.3 Å². The fourth-order valence-electron chi connectivity index (χ4n) is 0.601. The maximum atomic E-state index is 9.88. The smallest absolute Gasteiger partial charge is 0.404 e. The van der Waals surface area contributed by atoms with Gasteiger partial charge in [0, 0.05) is 6.54 Å². The lowest BCUT2D eigenvalue weighted by atomic mass is 10.3. The van der Waals surface area contributed by atoms with Crippen LogP contribution in [0.4, 0.5) is 4.79 Å². The van der Waals surface area contributed by atoms with Crippen molar-refractivity contribution in [2.45, 2.75) is 12.2 Å². The second-order valence-electron chi connectivity index (χ2n) is 2.13. The Kier molecular flexibility index (Phi) is 2.08. The topological polar surface area (TPSA) is 82.1 Å². The molecule has 1 aliphatic heterocycles. The van der Waals surface area contributed by atoms with E-state index in [4.69, 9.17) is 14.9 Å². The minimum Gasteiger partial charge on any atom is -0.465 e. The third-order valence-electron chi connectivity index (χ3n) is 1.25. The van der Waals surface area contributed by atoms with Crippen molar-refractivity contribution in [1.29, 1.82) is 0 Å². The van der Waals surface area contributed by atoms with Crippen molar-refractivity contribution < 1.29 is 19.7 Å². The van der Waals surface area contributed by atoms with Crippen molar-refractivity contribution in [2.75, 3.05) is 13.2 Å². The Bertz CT molecular complexity index is 134. The molecule has 1 amide bonds. The van der Waals surface area contributed by atoms with E-state index < -0.39 is 12.2 Å². The van der Waals surface area contributed by atoms with Gasteiger partial charge in [-0.3, -0.25) is 0 Å². The summed E-state index contributed by atoms with van der Waals surface area (Å²) in [6, 6.07) is 0. The van der Waals surface area contributed by atoms with Crippen LogP contribution in [-0.4, -0.2) is 41.7 Å². The number of nitrogens with one attached hydrogen (secondary N) is 1. The molecule has 58 valence electrons. The van der Waals surface area contributed by atoms with Crippen LogP contribution in [0, 0.1) is 0 Å². The molecule has 0 aromatic carbocycles. The van der Waals surface area contributed by atoms with Crippen LogP contribution in [0.15, 0.2) is 0 Å². The highest BCUT2D eigenvalue weighted by molar-refractivity contribution is 5.64. The number of aliphatic hydroxyl groups is 1. The highest BCUT2D eigenvalue weighted by atomic mass is 16.6. The van der Waals surface area contributed by atoms with Gasteiger partial charge in [0.25, 0.3) is 0 Å². The van der Waals surface area contributed by atoms with Crippen molar-refractivity contribution in [3.8, 4) is 0 Å². The van der Waals surface area contributed by atoms with Gasteiger partial charge >= 0.3 is 6.09 Å². The van der Waals surface area contributed by atoms with Crippen LogP contribution in [0.5, 0.6) is 0 Å². The Hall–Kier alpha value is -0.810. The first-order valence-corrected chi connectivity index (χ1v) is 2.96. The van der Waals surface area contributed by atoms with Crippen LogP contribution in [0.1, 0.15) is 0 Å². The number of rotatable bonds is 3. The number of aliphatic hydroxyl groups excluding tert-OH is 1. The van der Waals surface area contributed by atoms with E-state index in [1.165, 1.54) is 0 Å². The SMILES string of the molecule is O=C(O)NC[C@H](O)[C@@H]1CO1. The van der Waals surface area contributed by atoms with E-state index in [1.807, 2.05) is 0 Å². The standard InChI is InChI=1S/C5H9NO4/c7-3(4-2-10-4)1-6-5(8)9/h3-4,6-7H,1-2H2,(H,8,9)/t3-,4-/m0/s1. The van der Waals surface area contributed by atoms with Gasteiger partial charge in [-0.2, -0.15) is 0 Å². The molecule has 5 nitrogen and oxygen atoms in total. The lowest BCUT2D eigenvalue weighted by Crippen LogP contribution is -2.33. The molecule has 0 aromatic rings. The van der Waals surface area contributed by atoms with Gasteiger partial charge in [-0.1, -0.05) is 0 Å². The molecule has 1 fully saturated rings. The molecule has 1 rings (SSSR count). The van der Waals surface area contributed by atoms with E-state index in [1.54, 1.807) is 0 Å². The van der Waals surface area contributed by atoms with Gasteiger partial charge in [0.1, 0.15) is 6.10 Å². The summed E-state index contributed by atoms with van der Waals surface area (Å²) >= 11 is 0.